The minimum absolute atomic E-state index is 0.0601. The number of pyridine rings is 1. The lowest BCUT2D eigenvalue weighted by molar-refractivity contribution is 0.0934. The summed E-state index contributed by atoms with van der Waals surface area (Å²) in [4.78, 5) is 28.7. The molecule has 1 atom stereocenters. The van der Waals surface area contributed by atoms with Crippen LogP contribution in [0.15, 0.2) is 42.5 Å². The average Bonchev–Trinajstić information content (AvgIpc) is 2.99. The Morgan fingerprint density at radius 1 is 1.07 bits per heavy atom. The standard InChI is InChI=1S/C19H21N3O4S/c1-13-5-7-14(8-6-13)11-20-18(23)16-3-2-4-17(22-16)19(24)21-15-9-10-27(25,26)12-15/h2-8,15H,9-12H2,1H3,(H,20,23)(H,21,24). The zero-order valence-corrected chi connectivity index (χ0v) is 15.8. The van der Waals surface area contributed by atoms with Crippen LogP contribution in [-0.4, -0.2) is 42.8 Å². The fourth-order valence-electron chi connectivity index (χ4n) is 2.83. The van der Waals surface area contributed by atoms with Crippen LogP contribution < -0.4 is 10.6 Å². The van der Waals surface area contributed by atoms with Crippen LogP contribution in [-0.2, 0) is 16.4 Å². The summed E-state index contributed by atoms with van der Waals surface area (Å²) in [5, 5.41) is 5.44. The van der Waals surface area contributed by atoms with E-state index in [-0.39, 0.29) is 28.8 Å². The first-order valence-electron chi connectivity index (χ1n) is 8.64. The summed E-state index contributed by atoms with van der Waals surface area (Å²) in [6.07, 6.45) is 0.394. The van der Waals surface area contributed by atoms with E-state index in [0.29, 0.717) is 13.0 Å². The van der Waals surface area contributed by atoms with E-state index in [1.807, 2.05) is 31.2 Å². The van der Waals surface area contributed by atoms with Gasteiger partial charge in [-0.1, -0.05) is 35.9 Å². The summed E-state index contributed by atoms with van der Waals surface area (Å²) in [6.45, 7) is 2.35. The third-order valence-corrected chi connectivity index (χ3v) is 6.12. The second-order valence-electron chi connectivity index (χ2n) is 6.65. The van der Waals surface area contributed by atoms with Crippen molar-refractivity contribution >= 4 is 21.7 Å². The summed E-state index contributed by atoms with van der Waals surface area (Å²) < 4.78 is 23.0. The number of hydrogen-bond donors (Lipinski definition) is 2. The molecule has 0 aliphatic carbocycles. The molecule has 1 saturated heterocycles. The Morgan fingerprint density at radius 3 is 2.37 bits per heavy atom. The maximum atomic E-state index is 12.3. The maximum Gasteiger partial charge on any atom is 0.270 e. The van der Waals surface area contributed by atoms with E-state index >= 15 is 0 Å². The minimum atomic E-state index is -3.08. The zero-order valence-electron chi connectivity index (χ0n) is 14.9. The molecule has 1 aliphatic rings. The number of hydrogen-bond acceptors (Lipinski definition) is 5. The Bertz CT molecular complexity index is 955. The molecule has 0 saturated carbocycles. The number of carbonyl (C=O) groups is 2. The Morgan fingerprint density at radius 2 is 1.74 bits per heavy atom. The summed E-state index contributed by atoms with van der Waals surface area (Å²) in [7, 11) is -3.08. The zero-order chi connectivity index (χ0) is 19.4. The quantitative estimate of drug-likeness (QED) is 0.803. The summed E-state index contributed by atoms with van der Waals surface area (Å²) in [5.41, 5.74) is 2.32. The Balaban J connectivity index is 1.61. The van der Waals surface area contributed by atoms with Crippen LogP contribution >= 0.6 is 0 Å². The van der Waals surface area contributed by atoms with Gasteiger partial charge >= 0.3 is 0 Å². The third-order valence-electron chi connectivity index (χ3n) is 4.36. The first-order chi connectivity index (χ1) is 12.8. The van der Waals surface area contributed by atoms with E-state index in [4.69, 9.17) is 0 Å². The predicted octanol–water partition coefficient (Wildman–Crippen LogP) is 1.24. The van der Waals surface area contributed by atoms with Crippen LogP contribution in [0.1, 0.15) is 38.5 Å². The van der Waals surface area contributed by atoms with Crippen molar-refractivity contribution in [3.05, 3.63) is 65.0 Å². The van der Waals surface area contributed by atoms with E-state index in [9.17, 15) is 18.0 Å². The Labute approximate surface area is 158 Å². The van der Waals surface area contributed by atoms with E-state index in [2.05, 4.69) is 15.6 Å². The Hall–Kier alpha value is -2.74. The molecule has 3 rings (SSSR count). The lowest BCUT2D eigenvalue weighted by Crippen LogP contribution is -2.36. The van der Waals surface area contributed by atoms with Gasteiger partial charge < -0.3 is 10.6 Å². The van der Waals surface area contributed by atoms with Gasteiger partial charge in [0, 0.05) is 12.6 Å². The maximum absolute atomic E-state index is 12.3. The first kappa shape index (κ1) is 19.0. The molecular weight excluding hydrogens is 366 g/mol. The number of nitrogens with zero attached hydrogens (tertiary/aromatic N) is 1. The molecule has 8 heteroatoms. The summed E-state index contributed by atoms with van der Waals surface area (Å²) in [5.74, 6) is -0.846. The fraction of sp³-hybridized carbons (Fsp3) is 0.316. The average molecular weight is 387 g/mol. The van der Waals surface area contributed by atoms with Gasteiger partial charge in [0.05, 0.1) is 11.5 Å². The van der Waals surface area contributed by atoms with Gasteiger partial charge in [0.2, 0.25) is 0 Å². The molecule has 2 heterocycles. The van der Waals surface area contributed by atoms with Crippen LogP contribution in [0.2, 0.25) is 0 Å². The van der Waals surface area contributed by atoms with E-state index in [1.54, 1.807) is 6.07 Å². The molecule has 2 N–H and O–H groups in total. The van der Waals surface area contributed by atoms with Crippen molar-refractivity contribution < 1.29 is 18.0 Å². The van der Waals surface area contributed by atoms with E-state index in [1.165, 1.54) is 12.1 Å². The molecule has 1 unspecified atom stereocenters. The SMILES string of the molecule is Cc1ccc(CNC(=O)c2cccc(C(=O)NC3CCS(=O)(=O)C3)n2)cc1. The second-order valence-corrected chi connectivity index (χ2v) is 8.88. The number of carbonyl (C=O) groups excluding carboxylic acids is 2. The second kappa shape index (κ2) is 7.87. The van der Waals surface area contributed by atoms with Gasteiger partial charge in [-0.2, -0.15) is 0 Å². The highest BCUT2D eigenvalue weighted by Crippen LogP contribution is 2.12. The fourth-order valence-corrected chi connectivity index (χ4v) is 4.51. The molecule has 1 fully saturated rings. The van der Waals surface area contributed by atoms with Crippen LogP contribution in [0, 0.1) is 6.92 Å². The number of aromatic nitrogens is 1. The van der Waals surface area contributed by atoms with Gasteiger partial charge in [0.15, 0.2) is 9.84 Å². The molecule has 0 bridgehead atoms. The number of nitrogens with one attached hydrogen (secondary N) is 2. The van der Waals surface area contributed by atoms with Crippen LogP contribution in [0.25, 0.3) is 0 Å². The smallest absolute Gasteiger partial charge is 0.270 e. The minimum Gasteiger partial charge on any atom is -0.347 e. The molecule has 2 amide bonds. The summed E-state index contributed by atoms with van der Waals surface area (Å²) >= 11 is 0. The monoisotopic (exact) mass is 387 g/mol. The summed E-state index contributed by atoms with van der Waals surface area (Å²) in [6, 6.07) is 12.0. The third kappa shape index (κ3) is 5.13. The molecular formula is C19H21N3O4S. The lowest BCUT2D eigenvalue weighted by atomic mass is 10.1. The number of aryl methyl sites for hydroxylation is 1. The van der Waals surface area contributed by atoms with E-state index in [0.717, 1.165) is 11.1 Å². The predicted molar refractivity (Wildman–Crippen MR) is 101 cm³/mol. The highest BCUT2D eigenvalue weighted by Gasteiger charge is 2.29. The van der Waals surface area contributed by atoms with Crippen molar-refractivity contribution in [1.29, 1.82) is 0 Å². The van der Waals surface area contributed by atoms with Gasteiger partial charge in [-0.05, 0) is 31.0 Å². The molecule has 7 nitrogen and oxygen atoms in total. The number of rotatable bonds is 5. The molecule has 2 aromatic rings. The van der Waals surface area contributed by atoms with E-state index < -0.39 is 21.8 Å². The van der Waals surface area contributed by atoms with Crippen molar-refractivity contribution in [3.63, 3.8) is 0 Å². The van der Waals surface area contributed by atoms with Crippen molar-refractivity contribution in [2.75, 3.05) is 11.5 Å². The van der Waals surface area contributed by atoms with Crippen molar-refractivity contribution in [3.8, 4) is 0 Å². The molecule has 1 aromatic heterocycles. The highest BCUT2D eigenvalue weighted by molar-refractivity contribution is 7.91. The molecule has 142 valence electrons. The van der Waals surface area contributed by atoms with Gasteiger partial charge in [-0.3, -0.25) is 9.59 Å². The van der Waals surface area contributed by atoms with Crippen LogP contribution in [0.3, 0.4) is 0 Å². The Kier molecular flexibility index (Phi) is 5.55. The van der Waals surface area contributed by atoms with Gasteiger partial charge in [0.25, 0.3) is 11.8 Å². The number of benzene rings is 1. The largest absolute Gasteiger partial charge is 0.347 e. The molecule has 27 heavy (non-hydrogen) atoms. The van der Waals surface area contributed by atoms with Crippen molar-refractivity contribution in [2.45, 2.75) is 25.9 Å². The molecule has 0 spiro atoms. The first-order valence-corrected chi connectivity index (χ1v) is 10.5. The lowest BCUT2D eigenvalue weighted by Gasteiger charge is -2.11. The molecule has 1 aliphatic heterocycles. The van der Waals surface area contributed by atoms with Gasteiger partial charge in [0.1, 0.15) is 11.4 Å². The van der Waals surface area contributed by atoms with Crippen molar-refractivity contribution in [1.82, 2.24) is 15.6 Å². The normalized spacial score (nSPS) is 18.0. The topological polar surface area (TPSA) is 105 Å². The molecule has 0 radical (unpaired) electrons. The van der Waals surface area contributed by atoms with Gasteiger partial charge in [-0.25, -0.2) is 13.4 Å². The molecule has 1 aromatic carbocycles. The number of amides is 2. The van der Waals surface area contributed by atoms with Crippen molar-refractivity contribution in [2.24, 2.45) is 0 Å². The van der Waals surface area contributed by atoms with Crippen LogP contribution in [0.4, 0.5) is 0 Å². The van der Waals surface area contributed by atoms with Gasteiger partial charge in [-0.15, -0.1) is 0 Å². The number of sulfone groups is 1. The highest BCUT2D eigenvalue weighted by atomic mass is 32.2. The van der Waals surface area contributed by atoms with Crippen LogP contribution in [0.5, 0.6) is 0 Å².